The van der Waals surface area contributed by atoms with Gasteiger partial charge >= 0.3 is 0 Å². The molecule has 0 saturated carbocycles. The second-order valence-electron chi connectivity index (χ2n) is 7.06. The maximum absolute atomic E-state index is 12.9. The van der Waals surface area contributed by atoms with Gasteiger partial charge in [0.2, 0.25) is 0 Å². The van der Waals surface area contributed by atoms with Crippen LogP contribution < -0.4 is 5.73 Å². The smallest absolute Gasteiger partial charge is 0.167 e. The van der Waals surface area contributed by atoms with Crippen molar-refractivity contribution in [1.29, 1.82) is 0 Å². The summed E-state index contributed by atoms with van der Waals surface area (Å²) in [5.74, 6) is 0.152. The molecule has 0 amide bonds. The van der Waals surface area contributed by atoms with Crippen LogP contribution in [0.4, 0.5) is 5.69 Å². The van der Waals surface area contributed by atoms with Crippen molar-refractivity contribution in [2.75, 3.05) is 5.73 Å². The Kier molecular flexibility index (Phi) is 3.91. The molecule has 6 heteroatoms. The van der Waals surface area contributed by atoms with Crippen LogP contribution >= 0.6 is 11.6 Å². The summed E-state index contributed by atoms with van der Waals surface area (Å²) in [7, 11) is 0. The molecule has 2 N–H and O–H groups in total. The molecule has 0 radical (unpaired) electrons. The Morgan fingerprint density at radius 2 is 1.79 bits per heavy atom. The summed E-state index contributed by atoms with van der Waals surface area (Å²) in [4.78, 5) is 17.7. The lowest BCUT2D eigenvalue weighted by Crippen LogP contribution is -2.22. The SMILES string of the molecule is Nc1c2c(nc3c1cnn3-c1ccc(Cl)cc1)CC(c1ccccc1)CC2=O. The number of aromatic nitrogens is 3. The highest BCUT2D eigenvalue weighted by Crippen LogP contribution is 2.37. The second-order valence-corrected chi connectivity index (χ2v) is 7.49. The number of anilines is 1. The van der Waals surface area contributed by atoms with Crippen LogP contribution in [0.25, 0.3) is 16.7 Å². The predicted octanol–water partition coefficient (Wildman–Crippen LogP) is 4.57. The highest BCUT2D eigenvalue weighted by atomic mass is 35.5. The molecule has 0 aliphatic heterocycles. The fourth-order valence-electron chi connectivity index (χ4n) is 3.94. The van der Waals surface area contributed by atoms with Gasteiger partial charge in [0.05, 0.1) is 34.2 Å². The molecule has 0 fully saturated rings. The molecule has 138 valence electrons. The first kappa shape index (κ1) is 17.0. The number of halogens is 1. The number of pyridine rings is 1. The standard InChI is InChI=1S/C22H17ClN4O/c23-15-6-8-16(9-7-15)27-22-17(12-25-27)21(24)20-18(26-22)10-14(11-19(20)28)13-4-2-1-3-5-13/h1-9,12,14H,10-11H2,(H2,24,26). The highest BCUT2D eigenvalue weighted by Gasteiger charge is 2.31. The summed E-state index contributed by atoms with van der Waals surface area (Å²) >= 11 is 6.00. The number of rotatable bonds is 2. The monoisotopic (exact) mass is 388 g/mol. The summed E-state index contributed by atoms with van der Waals surface area (Å²) in [5, 5.41) is 5.80. The normalized spacial score (nSPS) is 16.3. The van der Waals surface area contributed by atoms with Crippen LogP contribution in [-0.4, -0.2) is 20.5 Å². The lowest BCUT2D eigenvalue weighted by atomic mass is 9.81. The molecule has 2 aromatic carbocycles. The molecular formula is C22H17ClN4O. The van der Waals surface area contributed by atoms with Gasteiger partial charge in [-0.1, -0.05) is 41.9 Å². The van der Waals surface area contributed by atoms with Crippen LogP contribution in [0.3, 0.4) is 0 Å². The number of hydrogen-bond acceptors (Lipinski definition) is 4. The number of nitrogens with two attached hydrogens (primary N) is 1. The lowest BCUT2D eigenvalue weighted by Gasteiger charge is -2.24. The van der Waals surface area contributed by atoms with E-state index in [1.165, 1.54) is 0 Å². The summed E-state index contributed by atoms with van der Waals surface area (Å²) in [5.41, 5.74) is 10.8. The fraction of sp³-hybridized carbons (Fsp3) is 0.136. The number of ketones is 1. The number of carbonyl (C=O) groups excluding carboxylic acids is 1. The zero-order valence-electron chi connectivity index (χ0n) is 15.0. The molecule has 1 aliphatic rings. The molecule has 0 bridgehead atoms. The molecule has 1 atom stereocenters. The third-order valence-electron chi connectivity index (χ3n) is 5.33. The number of Topliss-reactive ketones (excluding diaryl/α,β-unsaturated/α-hetero) is 1. The summed E-state index contributed by atoms with van der Waals surface area (Å²) in [6.07, 6.45) is 2.79. The van der Waals surface area contributed by atoms with Crippen molar-refractivity contribution < 1.29 is 4.79 Å². The molecule has 2 aromatic heterocycles. The molecule has 0 spiro atoms. The number of fused-ring (bicyclic) bond motifs is 2. The summed E-state index contributed by atoms with van der Waals surface area (Å²) in [6, 6.07) is 17.5. The Bertz CT molecular complexity index is 1200. The molecule has 1 aliphatic carbocycles. The molecule has 2 heterocycles. The third kappa shape index (κ3) is 2.67. The van der Waals surface area contributed by atoms with Gasteiger partial charge < -0.3 is 5.73 Å². The van der Waals surface area contributed by atoms with Crippen LogP contribution in [0.2, 0.25) is 5.02 Å². The van der Waals surface area contributed by atoms with E-state index in [0.717, 1.165) is 16.9 Å². The van der Waals surface area contributed by atoms with Crippen LogP contribution in [0.15, 0.2) is 60.8 Å². The van der Waals surface area contributed by atoms with Crippen LogP contribution in [0.5, 0.6) is 0 Å². The van der Waals surface area contributed by atoms with Gasteiger partial charge in [0.1, 0.15) is 0 Å². The second kappa shape index (κ2) is 6.46. The molecular weight excluding hydrogens is 372 g/mol. The first-order chi connectivity index (χ1) is 13.6. The van der Waals surface area contributed by atoms with Gasteiger partial charge in [-0.15, -0.1) is 0 Å². The maximum Gasteiger partial charge on any atom is 0.167 e. The van der Waals surface area contributed by atoms with Gasteiger partial charge in [-0.3, -0.25) is 4.79 Å². The van der Waals surface area contributed by atoms with E-state index in [2.05, 4.69) is 17.2 Å². The van der Waals surface area contributed by atoms with Crippen molar-refractivity contribution in [1.82, 2.24) is 14.8 Å². The van der Waals surface area contributed by atoms with Crippen LogP contribution in [0.1, 0.15) is 34.0 Å². The van der Waals surface area contributed by atoms with Crippen LogP contribution in [-0.2, 0) is 6.42 Å². The van der Waals surface area contributed by atoms with Crippen molar-refractivity contribution in [3.05, 3.63) is 82.6 Å². The third-order valence-corrected chi connectivity index (χ3v) is 5.58. The van der Waals surface area contributed by atoms with E-state index in [4.69, 9.17) is 22.3 Å². The van der Waals surface area contributed by atoms with Gasteiger partial charge in [-0.2, -0.15) is 5.10 Å². The molecule has 1 unspecified atom stereocenters. The quantitative estimate of drug-likeness (QED) is 0.546. The van der Waals surface area contributed by atoms with E-state index in [1.807, 2.05) is 30.3 Å². The molecule has 5 nitrogen and oxygen atoms in total. The van der Waals surface area contributed by atoms with E-state index in [9.17, 15) is 4.79 Å². The van der Waals surface area contributed by atoms with E-state index in [1.54, 1.807) is 23.0 Å². The minimum absolute atomic E-state index is 0.0428. The van der Waals surface area contributed by atoms with Crippen molar-refractivity contribution >= 4 is 34.1 Å². The topological polar surface area (TPSA) is 73.8 Å². The number of benzene rings is 2. The van der Waals surface area contributed by atoms with Gasteiger partial charge in [0.25, 0.3) is 0 Å². The zero-order chi connectivity index (χ0) is 19.3. The summed E-state index contributed by atoms with van der Waals surface area (Å²) < 4.78 is 1.74. The average Bonchev–Trinajstić information content (AvgIpc) is 3.13. The molecule has 28 heavy (non-hydrogen) atoms. The first-order valence-corrected chi connectivity index (χ1v) is 9.50. The van der Waals surface area contributed by atoms with E-state index < -0.39 is 0 Å². The predicted molar refractivity (Wildman–Crippen MR) is 110 cm³/mol. The van der Waals surface area contributed by atoms with Gasteiger partial charge in [0.15, 0.2) is 11.4 Å². The maximum atomic E-state index is 12.9. The minimum Gasteiger partial charge on any atom is -0.397 e. The van der Waals surface area contributed by atoms with Crippen molar-refractivity contribution in [2.24, 2.45) is 0 Å². The molecule has 0 saturated heterocycles. The number of carbonyl (C=O) groups is 1. The molecule has 4 aromatic rings. The Morgan fingerprint density at radius 1 is 1.04 bits per heavy atom. The van der Waals surface area contributed by atoms with Crippen molar-refractivity contribution in [3.8, 4) is 5.69 Å². The Morgan fingerprint density at radius 3 is 2.54 bits per heavy atom. The Balaban J connectivity index is 1.65. The van der Waals surface area contributed by atoms with E-state index in [0.29, 0.717) is 40.1 Å². The zero-order valence-corrected chi connectivity index (χ0v) is 15.7. The Labute approximate surface area is 166 Å². The van der Waals surface area contributed by atoms with Crippen molar-refractivity contribution in [3.63, 3.8) is 0 Å². The largest absolute Gasteiger partial charge is 0.397 e. The van der Waals surface area contributed by atoms with Crippen LogP contribution in [0, 0.1) is 0 Å². The minimum atomic E-state index is 0.0428. The van der Waals surface area contributed by atoms with Gasteiger partial charge in [0, 0.05) is 11.4 Å². The lowest BCUT2D eigenvalue weighted by molar-refractivity contribution is 0.0964. The van der Waals surface area contributed by atoms with Gasteiger partial charge in [-0.25, -0.2) is 9.67 Å². The highest BCUT2D eigenvalue weighted by molar-refractivity contribution is 6.30. The number of hydrogen-bond donors (Lipinski definition) is 1. The van der Waals surface area contributed by atoms with Gasteiger partial charge in [-0.05, 0) is 42.2 Å². The number of nitrogens with zero attached hydrogens (tertiary/aromatic N) is 3. The fourth-order valence-corrected chi connectivity index (χ4v) is 4.06. The Hall–Kier alpha value is -3.18. The first-order valence-electron chi connectivity index (χ1n) is 9.12. The summed E-state index contributed by atoms with van der Waals surface area (Å²) in [6.45, 7) is 0. The van der Waals surface area contributed by atoms with Crippen molar-refractivity contribution in [2.45, 2.75) is 18.8 Å². The average molecular weight is 389 g/mol. The molecule has 5 rings (SSSR count). The number of nitrogen functional groups attached to an aromatic ring is 1. The van der Waals surface area contributed by atoms with E-state index in [-0.39, 0.29) is 11.7 Å². The van der Waals surface area contributed by atoms with E-state index >= 15 is 0 Å².